The Morgan fingerprint density at radius 3 is 3.00 bits per heavy atom. The fourth-order valence-corrected chi connectivity index (χ4v) is 3.09. The van der Waals surface area contributed by atoms with Crippen molar-refractivity contribution >= 4 is 0 Å². The fraction of sp³-hybridized carbons (Fsp3) is 0.571. The number of likely N-dealkylation sites (N-methyl/N-ethyl adjacent to an activating group) is 1. The van der Waals surface area contributed by atoms with E-state index in [1.165, 1.54) is 12.8 Å². The van der Waals surface area contributed by atoms with E-state index in [1.54, 1.807) is 6.07 Å². The van der Waals surface area contributed by atoms with Crippen LogP contribution in [-0.4, -0.2) is 35.7 Å². The monoisotopic (exact) mass is 233 g/mol. The van der Waals surface area contributed by atoms with Crippen LogP contribution in [0.25, 0.3) is 0 Å². The molecule has 2 unspecified atom stereocenters. The van der Waals surface area contributed by atoms with Gasteiger partial charge in [-0.2, -0.15) is 0 Å². The number of nitrogens with zero attached hydrogens (tertiary/aromatic N) is 1. The number of ether oxygens (including phenoxy) is 1. The van der Waals surface area contributed by atoms with E-state index in [4.69, 9.17) is 4.74 Å². The van der Waals surface area contributed by atoms with Crippen LogP contribution in [0.3, 0.4) is 0 Å². The van der Waals surface area contributed by atoms with Gasteiger partial charge in [0.25, 0.3) is 0 Å². The van der Waals surface area contributed by atoms with E-state index < -0.39 is 0 Å². The van der Waals surface area contributed by atoms with Crippen molar-refractivity contribution < 1.29 is 9.84 Å². The molecule has 3 nitrogen and oxygen atoms in total. The molecule has 0 aliphatic carbocycles. The average molecular weight is 233 g/mol. The van der Waals surface area contributed by atoms with Crippen LogP contribution in [0.4, 0.5) is 0 Å². The van der Waals surface area contributed by atoms with E-state index in [9.17, 15) is 5.11 Å². The third-order valence-electron chi connectivity index (χ3n) is 4.05. The minimum absolute atomic E-state index is 0.239. The average Bonchev–Trinajstić information content (AvgIpc) is 2.76. The van der Waals surface area contributed by atoms with Gasteiger partial charge >= 0.3 is 0 Å². The number of para-hydroxylation sites is 1. The maximum Gasteiger partial charge on any atom is 0.164 e. The second-order valence-corrected chi connectivity index (χ2v) is 5.15. The lowest BCUT2D eigenvalue weighted by atomic mass is 9.96. The minimum Gasteiger partial charge on any atom is -0.504 e. The molecule has 0 spiro atoms. The molecule has 0 bridgehead atoms. The van der Waals surface area contributed by atoms with Crippen LogP contribution in [0.1, 0.15) is 24.8 Å². The van der Waals surface area contributed by atoms with Crippen LogP contribution >= 0.6 is 0 Å². The summed E-state index contributed by atoms with van der Waals surface area (Å²) in [6.07, 6.45) is 4.78. The second-order valence-electron chi connectivity index (χ2n) is 5.15. The lowest BCUT2D eigenvalue weighted by Gasteiger charge is -2.33. The van der Waals surface area contributed by atoms with Crippen molar-refractivity contribution in [1.29, 1.82) is 0 Å². The minimum atomic E-state index is 0.239. The van der Waals surface area contributed by atoms with Gasteiger partial charge in [0.2, 0.25) is 0 Å². The van der Waals surface area contributed by atoms with Crippen LogP contribution in [-0.2, 0) is 6.42 Å². The lowest BCUT2D eigenvalue weighted by Crippen LogP contribution is -2.41. The van der Waals surface area contributed by atoms with Gasteiger partial charge in [-0.1, -0.05) is 12.1 Å². The number of fused-ring (bicyclic) bond motifs is 1. The molecule has 1 saturated heterocycles. The van der Waals surface area contributed by atoms with Crippen LogP contribution in [0, 0.1) is 0 Å². The highest BCUT2D eigenvalue weighted by atomic mass is 16.5. The molecule has 1 aromatic carbocycles. The first kappa shape index (κ1) is 10.9. The summed E-state index contributed by atoms with van der Waals surface area (Å²) < 4.78 is 6.03. The van der Waals surface area contributed by atoms with E-state index in [0.29, 0.717) is 11.8 Å². The van der Waals surface area contributed by atoms with Crippen LogP contribution in [0.2, 0.25) is 0 Å². The standard InChI is InChI=1S/C14H19NO2/c1-15-9-3-5-11(15)13-8-7-10-4-2-6-12(16)14(10)17-13/h2,4,6,11,13,16H,3,5,7-9H2,1H3. The highest BCUT2D eigenvalue weighted by Gasteiger charge is 2.33. The Hall–Kier alpha value is -1.22. The molecule has 92 valence electrons. The first-order chi connectivity index (χ1) is 8.25. The van der Waals surface area contributed by atoms with Gasteiger partial charge < -0.3 is 9.84 Å². The molecule has 0 saturated carbocycles. The van der Waals surface area contributed by atoms with Gasteiger partial charge in [-0.25, -0.2) is 0 Å². The summed E-state index contributed by atoms with van der Waals surface area (Å²) in [6.45, 7) is 1.16. The molecule has 1 aromatic rings. The smallest absolute Gasteiger partial charge is 0.164 e. The van der Waals surface area contributed by atoms with Gasteiger partial charge in [-0.15, -0.1) is 0 Å². The van der Waals surface area contributed by atoms with Gasteiger partial charge in [-0.05, 0) is 50.9 Å². The first-order valence-corrected chi connectivity index (χ1v) is 6.43. The normalized spacial score (nSPS) is 28.8. The maximum atomic E-state index is 9.84. The summed E-state index contributed by atoms with van der Waals surface area (Å²) in [7, 11) is 2.17. The summed E-state index contributed by atoms with van der Waals surface area (Å²) in [5.41, 5.74) is 1.14. The SMILES string of the molecule is CN1CCCC1C1CCc2cccc(O)c2O1. The van der Waals surface area contributed by atoms with Crippen molar-refractivity contribution in [3.63, 3.8) is 0 Å². The van der Waals surface area contributed by atoms with Crippen molar-refractivity contribution in [2.75, 3.05) is 13.6 Å². The third kappa shape index (κ3) is 1.89. The molecular weight excluding hydrogens is 214 g/mol. The van der Waals surface area contributed by atoms with E-state index in [0.717, 1.165) is 24.9 Å². The second kappa shape index (κ2) is 4.22. The van der Waals surface area contributed by atoms with Crippen molar-refractivity contribution in [3.8, 4) is 11.5 Å². The topological polar surface area (TPSA) is 32.7 Å². The van der Waals surface area contributed by atoms with Gasteiger partial charge in [0.1, 0.15) is 6.10 Å². The van der Waals surface area contributed by atoms with Crippen molar-refractivity contribution in [1.82, 2.24) is 4.90 Å². The van der Waals surface area contributed by atoms with Crippen molar-refractivity contribution in [2.45, 2.75) is 37.8 Å². The van der Waals surface area contributed by atoms with Gasteiger partial charge in [0, 0.05) is 6.04 Å². The Kier molecular flexibility index (Phi) is 2.71. The lowest BCUT2D eigenvalue weighted by molar-refractivity contribution is 0.0855. The Balaban J connectivity index is 1.82. The number of phenols is 1. The zero-order valence-corrected chi connectivity index (χ0v) is 10.2. The summed E-state index contributed by atoms with van der Waals surface area (Å²) >= 11 is 0. The Morgan fingerprint density at radius 1 is 1.35 bits per heavy atom. The summed E-state index contributed by atoms with van der Waals surface area (Å²) in [6, 6.07) is 6.16. The predicted octanol–water partition coefficient (Wildman–Crippen LogP) is 2.18. The van der Waals surface area contributed by atoms with Gasteiger partial charge in [-0.3, -0.25) is 4.90 Å². The zero-order valence-electron chi connectivity index (χ0n) is 10.2. The van der Waals surface area contributed by atoms with Crippen LogP contribution in [0.5, 0.6) is 11.5 Å². The van der Waals surface area contributed by atoms with E-state index >= 15 is 0 Å². The maximum absolute atomic E-state index is 9.84. The summed E-state index contributed by atoms with van der Waals surface area (Å²) in [5.74, 6) is 0.997. The number of aromatic hydroxyl groups is 1. The van der Waals surface area contributed by atoms with Gasteiger partial charge in [0.05, 0.1) is 0 Å². The summed E-state index contributed by atoms with van der Waals surface area (Å²) in [4.78, 5) is 2.38. The number of benzene rings is 1. The predicted molar refractivity (Wildman–Crippen MR) is 66.5 cm³/mol. The quantitative estimate of drug-likeness (QED) is 0.807. The van der Waals surface area contributed by atoms with E-state index in [-0.39, 0.29) is 11.9 Å². The molecule has 0 aromatic heterocycles. The first-order valence-electron chi connectivity index (χ1n) is 6.43. The number of hydrogen-bond acceptors (Lipinski definition) is 3. The molecule has 2 aliphatic heterocycles. The molecule has 2 atom stereocenters. The van der Waals surface area contributed by atoms with Gasteiger partial charge in [0.15, 0.2) is 11.5 Å². The van der Waals surface area contributed by atoms with E-state index in [1.807, 2.05) is 12.1 Å². The molecule has 17 heavy (non-hydrogen) atoms. The number of rotatable bonds is 1. The van der Waals surface area contributed by atoms with Crippen LogP contribution < -0.4 is 4.74 Å². The highest BCUT2D eigenvalue weighted by Crippen LogP contribution is 2.38. The Bertz CT molecular complexity index is 419. The zero-order chi connectivity index (χ0) is 11.8. The molecule has 2 heterocycles. The number of phenolic OH excluding ortho intramolecular Hbond substituents is 1. The van der Waals surface area contributed by atoms with Crippen molar-refractivity contribution in [2.24, 2.45) is 0 Å². The molecule has 3 rings (SSSR count). The van der Waals surface area contributed by atoms with Crippen LogP contribution in [0.15, 0.2) is 18.2 Å². The molecule has 0 radical (unpaired) electrons. The molecule has 1 fully saturated rings. The number of aryl methyl sites for hydroxylation is 1. The molecular formula is C14H19NO2. The van der Waals surface area contributed by atoms with E-state index in [2.05, 4.69) is 11.9 Å². The number of likely N-dealkylation sites (tertiary alicyclic amines) is 1. The highest BCUT2D eigenvalue weighted by molar-refractivity contribution is 5.46. The molecule has 3 heteroatoms. The summed E-state index contributed by atoms with van der Waals surface area (Å²) in [5, 5.41) is 9.84. The third-order valence-corrected chi connectivity index (χ3v) is 4.05. The molecule has 0 amide bonds. The largest absolute Gasteiger partial charge is 0.504 e. The number of hydrogen-bond donors (Lipinski definition) is 1. The van der Waals surface area contributed by atoms with Crippen molar-refractivity contribution in [3.05, 3.63) is 23.8 Å². The Labute approximate surface area is 102 Å². The Morgan fingerprint density at radius 2 is 2.24 bits per heavy atom. The molecule has 2 aliphatic rings. The molecule has 1 N–H and O–H groups in total. The fourth-order valence-electron chi connectivity index (χ4n) is 3.09.